The Morgan fingerprint density at radius 3 is 2.65 bits per heavy atom. The molecule has 2 amide bonds. The molecule has 0 saturated carbocycles. The molecule has 1 saturated heterocycles. The van der Waals surface area contributed by atoms with Crippen LogP contribution in [0.3, 0.4) is 0 Å². The summed E-state index contributed by atoms with van der Waals surface area (Å²) >= 11 is 0. The lowest BCUT2D eigenvalue weighted by molar-refractivity contribution is -0.161. The number of amides is 2. The zero-order valence-corrected chi connectivity index (χ0v) is 12.4. The van der Waals surface area contributed by atoms with Gasteiger partial charge in [0.25, 0.3) is 0 Å². The Kier molecular flexibility index (Phi) is 3.45. The highest BCUT2D eigenvalue weighted by Crippen LogP contribution is 2.46. The number of carboxylic acids is 1. The number of benzene rings is 1. The summed E-state index contributed by atoms with van der Waals surface area (Å²) in [4.78, 5) is 36.3. The van der Waals surface area contributed by atoms with Gasteiger partial charge in [0.05, 0.1) is 18.1 Å². The summed E-state index contributed by atoms with van der Waals surface area (Å²) in [7, 11) is 0. The van der Waals surface area contributed by atoms with E-state index in [4.69, 9.17) is 5.73 Å². The number of β-lactam (4-membered cyclic amide) rings is 1. The van der Waals surface area contributed by atoms with E-state index in [2.05, 4.69) is 0 Å². The van der Waals surface area contributed by atoms with E-state index in [9.17, 15) is 24.6 Å². The molecule has 0 spiro atoms. The van der Waals surface area contributed by atoms with Crippen LogP contribution in [0.25, 0.3) is 5.57 Å². The molecule has 0 aromatic heterocycles. The number of hydrogen-bond acceptors (Lipinski definition) is 4. The van der Waals surface area contributed by atoms with Gasteiger partial charge >= 0.3 is 5.97 Å². The van der Waals surface area contributed by atoms with Gasteiger partial charge in [0.2, 0.25) is 11.8 Å². The molecule has 3 atom stereocenters. The molecular formula is C16H16N2O5. The molecule has 2 aliphatic heterocycles. The van der Waals surface area contributed by atoms with Gasteiger partial charge in [0.15, 0.2) is 0 Å². The van der Waals surface area contributed by atoms with Gasteiger partial charge in [-0.1, -0.05) is 12.1 Å². The highest BCUT2D eigenvalue weighted by Gasteiger charge is 2.56. The van der Waals surface area contributed by atoms with E-state index in [1.807, 2.05) is 0 Å². The summed E-state index contributed by atoms with van der Waals surface area (Å²) in [5.74, 6) is -2.79. The Hall–Kier alpha value is -2.67. The van der Waals surface area contributed by atoms with Gasteiger partial charge in [-0.05, 0) is 36.6 Å². The Morgan fingerprint density at radius 1 is 1.39 bits per heavy atom. The molecule has 1 aromatic rings. The first-order chi connectivity index (χ1) is 10.8. The van der Waals surface area contributed by atoms with Crippen molar-refractivity contribution in [2.45, 2.75) is 25.5 Å². The second-order valence-corrected chi connectivity index (χ2v) is 5.82. The molecule has 120 valence electrons. The number of hydrogen-bond donors (Lipinski definition) is 3. The molecule has 4 N–H and O–H groups in total. The van der Waals surface area contributed by atoms with Gasteiger partial charge in [-0.15, -0.1) is 0 Å². The third-order valence-corrected chi connectivity index (χ3v) is 4.43. The summed E-state index contributed by atoms with van der Waals surface area (Å²) in [6, 6.07) is 6.00. The van der Waals surface area contributed by atoms with Crippen LogP contribution in [0.4, 0.5) is 0 Å². The van der Waals surface area contributed by atoms with Crippen molar-refractivity contribution in [2.75, 3.05) is 0 Å². The van der Waals surface area contributed by atoms with Crippen molar-refractivity contribution in [2.24, 2.45) is 11.7 Å². The fourth-order valence-electron chi connectivity index (χ4n) is 3.39. The molecular weight excluding hydrogens is 300 g/mol. The number of nitrogens with two attached hydrogens (primary N) is 1. The van der Waals surface area contributed by atoms with Crippen LogP contribution in [0.2, 0.25) is 0 Å². The van der Waals surface area contributed by atoms with Crippen LogP contribution in [0, 0.1) is 5.92 Å². The first-order valence-corrected chi connectivity index (χ1v) is 7.20. The average Bonchev–Trinajstić information content (AvgIpc) is 2.82. The maximum Gasteiger partial charge on any atom is 0.352 e. The van der Waals surface area contributed by atoms with Crippen LogP contribution < -0.4 is 5.73 Å². The number of aliphatic hydroxyl groups excluding tert-OH is 1. The zero-order valence-electron chi connectivity index (χ0n) is 12.4. The first kappa shape index (κ1) is 15.2. The number of primary amides is 1. The number of carboxylic acid groups (broad SMARTS) is 1. The lowest BCUT2D eigenvalue weighted by atomic mass is 9.82. The monoisotopic (exact) mass is 316 g/mol. The van der Waals surface area contributed by atoms with E-state index in [0.717, 1.165) is 0 Å². The van der Waals surface area contributed by atoms with Crippen LogP contribution in [0.15, 0.2) is 30.0 Å². The molecule has 0 aliphatic carbocycles. The number of aliphatic hydroxyl groups is 1. The SMILES string of the molecule is C[C@@H](O)C1C(=O)N2C(C(=O)O)=C(c3cccc(C(N)=O)c3)CC12. The van der Waals surface area contributed by atoms with Gasteiger partial charge in [-0.3, -0.25) is 9.59 Å². The number of aliphatic carboxylic acids is 1. The van der Waals surface area contributed by atoms with Crippen molar-refractivity contribution in [3.05, 3.63) is 41.1 Å². The Balaban J connectivity index is 2.05. The molecule has 7 heteroatoms. The zero-order chi connectivity index (χ0) is 16.9. The summed E-state index contributed by atoms with van der Waals surface area (Å²) in [6.07, 6.45) is -0.513. The average molecular weight is 316 g/mol. The molecule has 1 fully saturated rings. The molecule has 0 bridgehead atoms. The van der Waals surface area contributed by atoms with E-state index in [0.29, 0.717) is 17.6 Å². The molecule has 23 heavy (non-hydrogen) atoms. The maximum absolute atomic E-state index is 12.1. The third-order valence-electron chi connectivity index (χ3n) is 4.43. The summed E-state index contributed by atoms with van der Waals surface area (Å²) in [5, 5.41) is 19.2. The van der Waals surface area contributed by atoms with Crippen molar-refractivity contribution in [1.29, 1.82) is 0 Å². The smallest absolute Gasteiger partial charge is 0.352 e. The van der Waals surface area contributed by atoms with E-state index in [1.165, 1.54) is 17.9 Å². The predicted molar refractivity (Wildman–Crippen MR) is 79.9 cm³/mol. The predicted octanol–water partition coefficient (Wildman–Crippen LogP) is 0.193. The van der Waals surface area contributed by atoms with Gasteiger partial charge in [-0.25, -0.2) is 4.79 Å². The molecule has 7 nitrogen and oxygen atoms in total. The van der Waals surface area contributed by atoms with Gasteiger partial charge < -0.3 is 20.8 Å². The summed E-state index contributed by atoms with van der Waals surface area (Å²) in [5.41, 5.74) is 6.46. The Morgan fingerprint density at radius 2 is 2.09 bits per heavy atom. The Bertz CT molecular complexity index is 753. The van der Waals surface area contributed by atoms with Gasteiger partial charge in [-0.2, -0.15) is 0 Å². The second-order valence-electron chi connectivity index (χ2n) is 5.82. The van der Waals surface area contributed by atoms with Crippen molar-refractivity contribution in [3.63, 3.8) is 0 Å². The maximum atomic E-state index is 12.1. The topological polar surface area (TPSA) is 121 Å². The quantitative estimate of drug-likeness (QED) is 0.685. The van der Waals surface area contributed by atoms with Crippen molar-refractivity contribution in [3.8, 4) is 0 Å². The second kappa shape index (κ2) is 5.20. The van der Waals surface area contributed by atoms with E-state index in [-0.39, 0.29) is 23.2 Å². The summed E-state index contributed by atoms with van der Waals surface area (Å²) in [6.45, 7) is 1.52. The Labute approximate surface area is 132 Å². The first-order valence-electron chi connectivity index (χ1n) is 7.20. The van der Waals surface area contributed by atoms with E-state index < -0.39 is 23.9 Å². The molecule has 0 radical (unpaired) electrons. The van der Waals surface area contributed by atoms with Crippen LogP contribution in [0.5, 0.6) is 0 Å². The highest BCUT2D eigenvalue weighted by molar-refractivity contribution is 6.06. The van der Waals surface area contributed by atoms with Crippen LogP contribution in [-0.2, 0) is 9.59 Å². The standard InChI is InChI=1S/C16H16N2O5/c1-7(19)12-11-6-10(13(16(22)23)18(11)15(12)21)8-3-2-4-9(5-8)14(17)20/h2-5,7,11-12,19H,6H2,1H3,(H2,17,20)(H,22,23)/t7-,11?,12?/m1/s1. The highest BCUT2D eigenvalue weighted by atomic mass is 16.4. The largest absolute Gasteiger partial charge is 0.477 e. The van der Waals surface area contributed by atoms with Crippen molar-refractivity contribution < 1.29 is 24.6 Å². The van der Waals surface area contributed by atoms with Crippen molar-refractivity contribution in [1.82, 2.24) is 4.90 Å². The molecule has 3 rings (SSSR count). The minimum atomic E-state index is -1.20. The van der Waals surface area contributed by atoms with Gasteiger partial charge in [0.1, 0.15) is 5.70 Å². The lowest BCUT2D eigenvalue weighted by Crippen LogP contribution is -2.61. The summed E-state index contributed by atoms with van der Waals surface area (Å²) < 4.78 is 0. The number of fused-ring (bicyclic) bond motifs is 1. The molecule has 2 unspecified atom stereocenters. The molecule has 2 heterocycles. The minimum Gasteiger partial charge on any atom is -0.477 e. The molecule has 1 aromatic carbocycles. The fraction of sp³-hybridized carbons (Fsp3) is 0.312. The minimum absolute atomic E-state index is 0.0847. The van der Waals surface area contributed by atoms with Gasteiger partial charge in [0, 0.05) is 5.56 Å². The van der Waals surface area contributed by atoms with Crippen LogP contribution in [0.1, 0.15) is 29.3 Å². The fourth-order valence-corrected chi connectivity index (χ4v) is 3.39. The number of rotatable bonds is 4. The third kappa shape index (κ3) is 2.20. The van der Waals surface area contributed by atoms with Crippen molar-refractivity contribution >= 4 is 23.4 Å². The lowest BCUT2D eigenvalue weighted by Gasteiger charge is -2.44. The number of nitrogens with zero attached hydrogens (tertiary/aromatic N) is 1. The van der Waals surface area contributed by atoms with Crippen LogP contribution in [-0.4, -0.2) is 45.0 Å². The molecule has 2 aliphatic rings. The number of carbonyl (C=O) groups is 3. The van der Waals surface area contributed by atoms with E-state index >= 15 is 0 Å². The van der Waals surface area contributed by atoms with Crippen LogP contribution >= 0.6 is 0 Å². The van der Waals surface area contributed by atoms with E-state index in [1.54, 1.807) is 18.2 Å². The normalized spacial score (nSPS) is 24.3. The number of carbonyl (C=O) groups excluding carboxylic acids is 2.